The molecular formula is C16H14Br2FN. The number of hydrogen-bond donors (Lipinski definition) is 1. The van der Waals surface area contributed by atoms with E-state index in [0.29, 0.717) is 5.69 Å². The van der Waals surface area contributed by atoms with Crippen LogP contribution in [-0.4, -0.2) is 6.04 Å². The lowest BCUT2D eigenvalue weighted by molar-refractivity contribution is 0.592. The average molecular weight is 399 g/mol. The van der Waals surface area contributed by atoms with Gasteiger partial charge in [-0.1, -0.05) is 37.9 Å². The maximum absolute atomic E-state index is 13.8. The summed E-state index contributed by atoms with van der Waals surface area (Å²) in [5, 5.41) is 3.33. The van der Waals surface area contributed by atoms with E-state index in [1.165, 1.54) is 17.2 Å². The van der Waals surface area contributed by atoms with Crippen molar-refractivity contribution in [3.8, 4) is 0 Å². The van der Waals surface area contributed by atoms with Crippen LogP contribution in [0.1, 0.15) is 17.5 Å². The molecule has 0 amide bonds. The first-order valence-electron chi connectivity index (χ1n) is 6.61. The Balaban J connectivity index is 1.77. The minimum atomic E-state index is -0.199. The number of anilines is 1. The zero-order valence-electron chi connectivity index (χ0n) is 10.8. The van der Waals surface area contributed by atoms with Gasteiger partial charge in [-0.25, -0.2) is 4.39 Å². The number of hydrogen-bond acceptors (Lipinski definition) is 1. The number of benzene rings is 2. The Kier molecular flexibility index (Phi) is 4.13. The third-order valence-corrected chi connectivity index (χ3v) is 4.67. The number of rotatable bonds is 2. The highest BCUT2D eigenvalue weighted by atomic mass is 79.9. The summed E-state index contributed by atoms with van der Waals surface area (Å²) in [6.45, 7) is 0. The first-order chi connectivity index (χ1) is 9.61. The summed E-state index contributed by atoms with van der Waals surface area (Å²) in [7, 11) is 0. The lowest BCUT2D eigenvalue weighted by atomic mass is 9.88. The highest BCUT2D eigenvalue weighted by Gasteiger charge is 2.19. The Hall–Kier alpha value is -0.870. The zero-order chi connectivity index (χ0) is 14.1. The van der Waals surface area contributed by atoms with Gasteiger partial charge in [-0.2, -0.15) is 0 Å². The topological polar surface area (TPSA) is 12.0 Å². The largest absolute Gasteiger partial charge is 0.380 e. The van der Waals surface area contributed by atoms with E-state index in [-0.39, 0.29) is 11.9 Å². The van der Waals surface area contributed by atoms with Gasteiger partial charge in [0.15, 0.2) is 0 Å². The Morgan fingerprint density at radius 1 is 1.00 bits per heavy atom. The maximum atomic E-state index is 13.8. The van der Waals surface area contributed by atoms with E-state index in [4.69, 9.17) is 0 Å². The molecule has 0 saturated heterocycles. The first-order valence-corrected chi connectivity index (χ1v) is 8.19. The first kappa shape index (κ1) is 14.1. The fraction of sp³-hybridized carbons (Fsp3) is 0.250. The molecule has 1 aliphatic rings. The number of aryl methyl sites for hydroxylation is 1. The van der Waals surface area contributed by atoms with E-state index in [0.717, 1.165) is 28.2 Å². The summed E-state index contributed by atoms with van der Waals surface area (Å²) in [6, 6.07) is 11.7. The van der Waals surface area contributed by atoms with Gasteiger partial charge >= 0.3 is 0 Å². The molecule has 2 aromatic rings. The third kappa shape index (κ3) is 3.07. The predicted molar refractivity (Wildman–Crippen MR) is 87.7 cm³/mol. The monoisotopic (exact) mass is 397 g/mol. The predicted octanol–water partition coefficient (Wildman–Crippen LogP) is 5.32. The third-order valence-electron chi connectivity index (χ3n) is 3.68. The van der Waals surface area contributed by atoms with Gasteiger partial charge in [0.1, 0.15) is 5.82 Å². The zero-order valence-corrected chi connectivity index (χ0v) is 14.0. The van der Waals surface area contributed by atoms with Gasteiger partial charge in [-0.15, -0.1) is 0 Å². The fourth-order valence-electron chi connectivity index (χ4n) is 2.67. The van der Waals surface area contributed by atoms with Crippen molar-refractivity contribution >= 4 is 37.5 Å². The molecule has 1 aliphatic carbocycles. The summed E-state index contributed by atoms with van der Waals surface area (Å²) >= 11 is 6.89. The molecule has 1 atom stereocenters. The van der Waals surface area contributed by atoms with Crippen LogP contribution in [-0.2, 0) is 12.8 Å². The second-order valence-electron chi connectivity index (χ2n) is 5.12. The number of halogens is 3. The normalized spacial score (nSPS) is 17.6. The van der Waals surface area contributed by atoms with E-state index in [9.17, 15) is 4.39 Å². The van der Waals surface area contributed by atoms with Crippen LogP contribution in [0.3, 0.4) is 0 Å². The van der Waals surface area contributed by atoms with Crippen molar-refractivity contribution in [1.29, 1.82) is 0 Å². The Morgan fingerprint density at radius 3 is 2.60 bits per heavy atom. The van der Waals surface area contributed by atoms with E-state index >= 15 is 0 Å². The lowest BCUT2D eigenvalue weighted by Gasteiger charge is -2.26. The SMILES string of the molecule is Fc1ccc(Br)cc1NC1CCc2cc(Br)ccc2C1. The van der Waals surface area contributed by atoms with Crippen molar-refractivity contribution in [3.05, 3.63) is 62.3 Å². The van der Waals surface area contributed by atoms with Gasteiger partial charge in [0.2, 0.25) is 0 Å². The summed E-state index contributed by atoms with van der Waals surface area (Å²) in [6.07, 6.45) is 2.99. The van der Waals surface area contributed by atoms with Gasteiger partial charge in [0.05, 0.1) is 5.69 Å². The molecule has 0 spiro atoms. The standard InChI is InChI=1S/C16H14Br2FN/c17-12-3-1-11-8-14(5-2-10(11)7-12)20-16-9-13(18)4-6-15(16)19/h1,3-4,6-7,9,14,20H,2,5,8H2. The molecule has 0 radical (unpaired) electrons. The summed E-state index contributed by atoms with van der Waals surface area (Å²) < 4.78 is 15.8. The molecule has 104 valence electrons. The molecule has 0 aliphatic heterocycles. The highest BCUT2D eigenvalue weighted by Crippen LogP contribution is 2.28. The average Bonchev–Trinajstić information content (AvgIpc) is 2.43. The fourth-order valence-corrected chi connectivity index (χ4v) is 3.44. The van der Waals surface area contributed by atoms with Crippen LogP contribution in [0.2, 0.25) is 0 Å². The molecular weight excluding hydrogens is 385 g/mol. The minimum absolute atomic E-state index is 0.199. The molecule has 0 bridgehead atoms. The van der Waals surface area contributed by atoms with Gasteiger partial charge in [0, 0.05) is 15.0 Å². The van der Waals surface area contributed by atoms with Crippen LogP contribution in [0.15, 0.2) is 45.3 Å². The minimum Gasteiger partial charge on any atom is -0.380 e. The molecule has 0 heterocycles. The second kappa shape index (κ2) is 5.86. The number of fused-ring (bicyclic) bond motifs is 1. The van der Waals surface area contributed by atoms with E-state index in [2.05, 4.69) is 55.4 Å². The molecule has 2 aromatic carbocycles. The van der Waals surface area contributed by atoms with E-state index in [1.807, 2.05) is 0 Å². The van der Waals surface area contributed by atoms with Gasteiger partial charge in [0.25, 0.3) is 0 Å². The van der Waals surface area contributed by atoms with Crippen molar-refractivity contribution in [3.63, 3.8) is 0 Å². The van der Waals surface area contributed by atoms with Gasteiger partial charge < -0.3 is 5.32 Å². The van der Waals surface area contributed by atoms with Gasteiger partial charge in [-0.3, -0.25) is 0 Å². The van der Waals surface area contributed by atoms with Crippen molar-refractivity contribution in [1.82, 2.24) is 0 Å². The molecule has 1 unspecified atom stereocenters. The van der Waals surface area contributed by atoms with Gasteiger partial charge in [-0.05, 0) is 60.7 Å². The van der Waals surface area contributed by atoms with E-state index in [1.54, 1.807) is 12.1 Å². The van der Waals surface area contributed by atoms with Crippen LogP contribution in [0.25, 0.3) is 0 Å². The van der Waals surface area contributed by atoms with Crippen molar-refractivity contribution in [2.24, 2.45) is 0 Å². The molecule has 0 saturated carbocycles. The molecule has 3 rings (SSSR count). The smallest absolute Gasteiger partial charge is 0.146 e. The molecule has 0 fully saturated rings. The van der Waals surface area contributed by atoms with Crippen LogP contribution in [0.4, 0.5) is 10.1 Å². The Bertz CT molecular complexity index is 642. The molecule has 20 heavy (non-hydrogen) atoms. The van der Waals surface area contributed by atoms with Crippen LogP contribution in [0.5, 0.6) is 0 Å². The maximum Gasteiger partial charge on any atom is 0.146 e. The summed E-state index contributed by atoms with van der Waals surface area (Å²) in [4.78, 5) is 0. The van der Waals surface area contributed by atoms with Crippen LogP contribution in [0, 0.1) is 5.82 Å². The summed E-state index contributed by atoms with van der Waals surface area (Å²) in [5.74, 6) is -0.199. The molecule has 1 N–H and O–H groups in total. The molecule has 0 aromatic heterocycles. The van der Waals surface area contributed by atoms with Crippen molar-refractivity contribution in [2.75, 3.05) is 5.32 Å². The molecule has 4 heteroatoms. The van der Waals surface area contributed by atoms with Crippen molar-refractivity contribution in [2.45, 2.75) is 25.3 Å². The lowest BCUT2D eigenvalue weighted by Crippen LogP contribution is -2.27. The van der Waals surface area contributed by atoms with Crippen LogP contribution >= 0.6 is 31.9 Å². The quantitative estimate of drug-likeness (QED) is 0.721. The Morgan fingerprint density at radius 2 is 1.75 bits per heavy atom. The summed E-state index contributed by atoms with van der Waals surface area (Å²) in [5.41, 5.74) is 3.32. The molecule has 1 nitrogen and oxygen atoms in total. The second-order valence-corrected chi connectivity index (χ2v) is 6.95. The van der Waals surface area contributed by atoms with E-state index < -0.39 is 0 Å². The van der Waals surface area contributed by atoms with Crippen molar-refractivity contribution < 1.29 is 4.39 Å². The number of nitrogens with one attached hydrogen (secondary N) is 1. The van der Waals surface area contributed by atoms with Crippen LogP contribution < -0.4 is 5.32 Å². The highest BCUT2D eigenvalue weighted by molar-refractivity contribution is 9.10. The Labute approximate surface area is 134 Å².